The summed E-state index contributed by atoms with van der Waals surface area (Å²) in [6.07, 6.45) is 6.69. The predicted octanol–water partition coefficient (Wildman–Crippen LogP) is 4.68. The van der Waals surface area contributed by atoms with Gasteiger partial charge in [0.15, 0.2) is 0 Å². The number of hydrogen-bond acceptors (Lipinski definition) is 4. The molecule has 1 aromatic carbocycles. The summed E-state index contributed by atoms with van der Waals surface area (Å²) in [5, 5.41) is 8.72. The molecular formula is C21H23NO3S2. The maximum absolute atomic E-state index is 12.5. The van der Waals surface area contributed by atoms with Crippen molar-refractivity contribution in [1.29, 1.82) is 0 Å². The minimum Gasteiger partial charge on any atom is -0.481 e. The summed E-state index contributed by atoms with van der Waals surface area (Å²) < 4.78 is 0.478. The number of unbranched alkanes of at least 4 members (excludes halogenated alkanes) is 3. The number of thiocarbonyl (C=S) groups is 1. The molecule has 1 heterocycles. The lowest BCUT2D eigenvalue weighted by Crippen LogP contribution is -2.29. The van der Waals surface area contributed by atoms with Gasteiger partial charge in [0.1, 0.15) is 4.32 Å². The Kier molecular flexibility index (Phi) is 8.56. The average molecular weight is 402 g/mol. The van der Waals surface area contributed by atoms with Crippen molar-refractivity contribution in [2.45, 2.75) is 45.4 Å². The van der Waals surface area contributed by atoms with Crippen molar-refractivity contribution < 1.29 is 14.7 Å². The maximum atomic E-state index is 12.5. The molecule has 0 unspecified atom stereocenters. The van der Waals surface area contributed by atoms with Gasteiger partial charge in [-0.1, -0.05) is 67.7 Å². The zero-order valence-electron chi connectivity index (χ0n) is 15.4. The van der Waals surface area contributed by atoms with Crippen molar-refractivity contribution in [2.75, 3.05) is 6.54 Å². The van der Waals surface area contributed by atoms with Crippen LogP contribution in [0.4, 0.5) is 0 Å². The molecule has 1 aliphatic rings. The average Bonchev–Trinajstić information content (AvgIpc) is 2.90. The first-order valence-corrected chi connectivity index (χ1v) is 10.3. The number of carbonyl (C=O) groups is 2. The number of rotatable bonds is 8. The molecule has 1 amide bonds. The number of carboxylic acids is 1. The second-order valence-electron chi connectivity index (χ2n) is 6.21. The van der Waals surface area contributed by atoms with E-state index < -0.39 is 5.97 Å². The minimum atomic E-state index is -0.871. The second-order valence-corrected chi connectivity index (χ2v) is 7.89. The zero-order valence-corrected chi connectivity index (χ0v) is 17.0. The first-order chi connectivity index (χ1) is 13.0. The van der Waals surface area contributed by atoms with E-state index in [1.165, 1.54) is 29.5 Å². The van der Waals surface area contributed by atoms with E-state index in [0.29, 0.717) is 22.2 Å². The van der Waals surface area contributed by atoms with Crippen molar-refractivity contribution in [2.24, 2.45) is 0 Å². The Balaban J connectivity index is 1.96. The second kappa shape index (κ2) is 10.9. The topological polar surface area (TPSA) is 57.6 Å². The standard InChI is InChI=1S/C21H23NO3S2/c1-2-3-4-5-6-8-16-10-12-17(13-11-16)15-18-20(25)22(21(26)27-18)14-7-9-19(23)24/h10-13,15H,2-5,7,9,14H2,1H3,(H,23,24)/b18-15+. The van der Waals surface area contributed by atoms with Gasteiger partial charge in [0.25, 0.3) is 5.91 Å². The SMILES string of the molecule is CCCCCC#Cc1ccc(/C=C2/SC(=S)N(CCCC(=O)O)C2=O)cc1. The van der Waals surface area contributed by atoms with Gasteiger partial charge >= 0.3 is 5.97 Å². The Labute approximate surface area is 170 Å². The fourth-order valence-corrected chi connectivity index (χ4v) is 3.83. The van der Waals surface area contributed by atoms with Gasteiger partial charge in [0.2, 0.25) is 0 Å². The van der Waals surface area contributed by atoms with E-state index in [2.05, 4.69) is 18.8 Å². The highest BCUT2D eigenvalue weighted by molar-refractivity contribution is 8.26. The molecular weight excluding hydrogens is 378 g/mol. The molecule has 142 valence electrons. The Bertz CT molecular complexity index is 788. The van der Waals surface area contributed by atoms with Gasteiger partial charge in [-0.25, -0.2) is 0 Å². The molecule has 6 heteroatoms. The smallest absolute Gasteiger partial charge is 0.303 e. The van der Waals surface area contributed by atoms with Crippen LogP contribution in [0.5, 0.6) is 0 Å². The summed E-state index contributed by atoms with van der Waals surface area (Å²) in [6, 6.07) is 7.78. The summed E-state index contributed by atoms with van der Waals surface area (Å²) in [6.45, 7) is 2.51. The maximum Gasteiger partial charge on any atom is 0.303 e. The minimum absolute atomic E-state index is 0.0249. The van der Waals surface area contributed by atoms with E-state index in [-0.39, 0.29) is 12.3 Å². The monoisotopic (exact) mass is 401 g/mol. The van der Waals surface area contributed by atoms with E-state index >= 15 is 0 Å². The van der Waals surface area contributed by atoms with Crippen LogP contribution in [0.25, 0.3) is 6.08 Å². The summed E-state index contributed by atoms with van der Waals surface area (Å²) in [4.78, 5) is 25.1. The molecule has 1 N–H and O–H groups in total. The van der Waals surface area contributed by atoms with Gasteiger partial charge in [-0.15, -0.1) is 0 Å². The first-order valence-electron chi connectivity index (χ1n) is 9.07. The summed E-state index contributed by atoms with van der Waals surface area (Å²) >= 11 is 6.50. The third-order valence-electron chi connectivity index (χ3n) is 3.99. The largest absolute Gasteiger partial charge is 0.481 e. The van der Waals surface area contributed by atoms with Crippen molar-refractivity contribution in [3.05, 3.63) is 40.3 Å². The number of carbonyl (C=O) groups excluding carboxylic acids is 1. The zero-order chi connectivity index (χ0) is 19.6. The van der Waals surface area contributed by atoms with Crippen LogP contribution in [0, 0.1) is 11.8 Å². The van der Waals surface area contributed by atoms with Gasteiger partial charge < -0.3 is 5.11 Å². The summed E-state index contributed by atoms with van der Waals surface area (Å²) in [5.74, 6) is 5.32. The van der Waals surface area contributed by atoms with Gasteiger partial charge in [-0.2, -0.15) is 0 Å². The lowest BCUT2D eigenvalue weighted by atomic mass is 10.1. The normalized spacial score (nSPS) is 15.1. The van der Waals surface area contributed by atoms with Gasteiger partial charge in [0, 0.05) is 24.9 Å². The third-order valence-corrected chi connectivity index (χ3v) is 5.37. The molecule has 0 aliphatic carbocycles. The van der Waals surface area contributed by atoms with Crippen LogP contribution in [0.1, 0.15) is 56.6 Å². The molecule has 1 saturated heterocycles. The number of amides is 1. The number of carboxylic acid groups (broad SMARTS) is 1. The fourth-order valence-electron chi connectivity index (χ4n) is 2.52. The molecule has 2 rings (SSSR count). The van der Waals surface area contributed by atoms with Crippen LogP contribution in [-0.4, -0.2) is 32.7 Å². The van der Waals surface area contributed by atoms with E-state index in [4.69, 9.17) is 17.3 Å². The van der Waals surface area contributed by atoms with Crippen molar-refractivity contribution >= 4 is 46.3 Å². The molecule has 0 bridgehead atoms. The lowest BCUT2D eigenvalue weighted by molar-refractivity contribution is -0.137. The number of nitrogens with zero attached hydrogens (tertiary/aromatic N) is 1. The van der Waals surface area contributed by atoms with Crippen LogP contribution in [-0.2, 0) is 9.59 Å². The van der Waals surface area contributed by atoms with E-state index in [9.17, 15) is 9.59 Å². The van der Waals surface area contributed by atoms with Crippen LogP contribution in [0.2, 0.25) is 0 Å². The molecule has 0 atom stereocenters. The van der Waals surface area contributed by atoms with Crippen molar-refractivity contribution in [1.82, 2.24) is 4.90 Å². The van der Waals surface area contributed by atoms with Gasteiger partial charge in [-0.05, 0) is 36.6 Å². The Morgan fingerprint density at radius 1 is 1.26 bits per heavy atom. The van der Waals surface area contributed by atoms with Crippen molar-refractivity contribution in [3.63, 3.8) is 0 Å². The van der Waals surface area contributed by atoms with Crippen LogP contribution in [0.3, 0.4) is 0 Å². The number of aliphatic carboxylic acids is 1. The number of thioether (sulfide) groups is 1. The van der Waals surface area contributed by atoms with E-state index in [1.54, 1.807) is 0 Å². The van der Waals surface area contributed by atoms with E-state index in [1.807, 2.05) is 30.3 Å². The Hall–Kier alpha value is -2.10. The fraction of sp³-hybridized carbons (Fsp3) is 0.381. The summed E-state index contributed by atoms with van der Waals surface area (Å²) in [5.41, 5.74) is 1.88. The first kappa shape index (κ1) is 21.2. The predicted molar refractivity (Wildman–Crippen MR) is 114 cm³/mol. The highest BCUT2D eigenvalue weighted by Crippen LogP contribution is 2.32. The molecule has 0 saturated carbocycles. The molecule has 1 fully saturated rings. The highest BCUT2D eigenvalue weighted by atomic mass is 32.2. The molecule has 0 radical (unpaired) electrons. The Morgan fingerprint density at radius 2 is 2.00 bits per heavy atom. The van der Waals surface area contributed by atoms with Gasteiger partial charge in [0.05, 0.1) is 4.91 Å². The molecule has 1 aromatic rings. The third kappa shape index (κ3) is 6.85. The number of hydrogen-bond donors (Lipinski definition) is 1. The quantitative estimate of drug-likeness (QED) is 0.297. The number of benzene rings is 1. The van der Waals surface area contributed by atoms with Crippen LogP contribution >= 0.6 is 24.0 Å². The van der Waals surface area contributed by atoms with Crippen LogP contribution in [0.15, 0.2) is 29.2 Å². The van der Waals surface area contributed by atoms with Crippen LogP contribution < -0.4 is 0 Å². The molecule has 0 aromatic heterocycles. The Morgan fingerprint density at radius 3 is 2.67 bits per heavy atom. The molecule has 0 spiro atoms. The lowest BCUT2D eigenvalue weighted by Gasteiger charge is -2.13. The highest BCUT2D eigenvalue weighted by Gasteiger charge is 2.31. The molecule has 4 nitrogen and oxygen atoms in total. The van der Waals surface area contributed by atoms with Crippen molar-refractivity contribution in [3.8, 4) is 11.8 Å². The van der Waals surface area contributed by atoms with E-state index in [0.717, 1.165) is 24.0 Å². The molecule has 27 heavy (non-hydrogen) atoms. The molecule has 1 aliphatic heterocycles. The summed E-state index contributed by atoms with van der Waals surface area (Å²) in [7, 11) is 0. The van der Waals surface area contributed by atoms with Gasteiger partial charge in [-0.3, -0.25) is 14.5 Å².